The van der Waals surface area contributed by atoms with Crippen LogP contribution in [0.25, 0.3) is 22.1 Å². The van der Waals surface area contributed by atoms with Crippen LogP contribution in [0.1, 0.15) is 9.68 Å². The van der Waals surface area contributed by atoms with E-state index < -0.39 is 6.98 Å². The topological polar surface area (TPSA) is 90.6 Å². The van der Waals surface area contributed by atoms with Gasteiger partial charge in [-0.1, -0.05) is 16.8 Å². The molecule has 0 bridgehead atoms. The average molecular weight is 421 g/mol. The first-order valence-electron chi connectivity index (χ1n) is 10.5. The molecule has 0 aliphatic rings. The zero-order chi connectivity index (χ0) is 23.2. The summed E-state index contributed by atoms with van der Waals surface area (Å²) < 4.78 is 29.5. The van der Waals surface area contributed by atoms with Gasteiger partial charge in [-0.05, 0) is 55.0 Å². The van der Waals surface area contributed by atoms with Crippen molar-refractivity contribution in [1.82, 2.24) is 29.9 Å². The Hall–Kier alpha value is -3.78. The lowest BCUT2D eigenvalue weighted by Crippen LogP contribution is -1.98. The summed E-state index contributed by atoms with van der Waals surface area (Å²) in [6.45, 7) is -0.483. The third-order valence-electron chi connectivity index (χ3n) is 4.53. The number of aryl methyl sites for hydroxylation is 2. The van der Waals surface area contributed by atoms with Gasteiger partial charge in [0.05, 0.1) is 11.0 Å². The van der Waals surface area contributed by atoms with Gasteiger partial charge in [0.2, 0.25) is 0 Å². The van der Waals surface area contributed by atoms with Crippen LogP contribution in [0.2, 0.25) is 5.15 Å². The number of nitrogens with zero attached hydrogens (tertiary/aromatic N) is 6. The molecule has 1 N–H and O–H groups in total. The summed E-state index contributed by atoms with van der Waals surface area (Å²) in [5, 5.41) is 11.3. The van der Waals surface area contributed by atoms with Crippen molar-refractivity contribution in [1.29, 1.82) is 0 Å². The molecule has 0 unspecified atom stereocenters. The van der Waals surface area contributed by atoms with Crippen LogP contribution >= 0.6 is 11.6 Å². The normalized spacial score (nSPS) is 13.1. The zero-order valence-electron chi connectivity index (χ0n) is 18.7. The summed E-state index contributed by atoms with van der Waals surface area (Å²) in [7, 11) is 0. The monoisotopic (exact) mass is 420 g/mol. The van der Waals surface area contributed by atoms with Gasteiger partial charge in [-0.3, -0.25) is 0 Å². The number of rotatable bonds is 4. The highest BCUT2D eigenvalue weighted by Gasteiger charge is 2.09. The molecule has 9 heteroatoms. The number of benzene rings is 2. The average Bonchev–Trinajstić information content (AvgIpc) is 3.20. The molecule has 0 saturated carbocycles. The Morgan fingerprint density at radius 1 is 1.07 bits per heavy atom. The summed E-state index contributed by atoms with van der Waals surface area (Å²) in [6.07, 6.45) is 1.46. The van der Waals surface area contributed by atoms with E-state index in [1.54, 1.807) is 30.3 Å². The van der Waals surface area contributed by atoms with Crippen LogP contribution in [0.15, 0.2) is 54.9 Å². The van der Waals surface area contributed by atoms with E-state index in [9.17, 15) is 0 Å². The molecular weight excluding hydrogens is 402 g/mol. The molecule has 8 nitrogen and oxygen atoms in total. The van der Waals surface area contributed by atoms with Crippen molar-refractivity contribution in [2.45, 2.75) is 6.92 Å². The summed E-state index contributed by atoms with van der Waals surface area (Å²) in [5.41, 5.74) is 3.75. The number of anilines is 2. The van der Waals surface area contributed by atoms with Crippen molar-refractivity contribution in [3.63, 3.8) is 0 Å². The van der Waals surface area contributed by atoms with Gasteiger partial charge in [-0.15, -0.1) is 5.10 Å². The van der Waals surface area contributed by atoms with Crippen molar-refractivity contribution >= 4 is 45.2 Å². The Labute approximate surface area is 180 Å². The molecule has 148 valence electrons. The van der Waals surface area contributed by atoms with Gasteiger partial charge < -0.3 is 10.1 Å². The lowest BCUT2D eigenvalue weighted by atomic mass is 10.2. The molecule has 0 radical (unpaired) electrons. The van der Waals surface area contributed by atoms with Gasteiger partial charge >= 0.3 is 0 Å². The Bertz CT molecular complexity index is 1500. The van der Waals surface area contributed by atoms with Crippen LogP contribution in [0, 0.1) is 6.92 Å². The summed E-state index contributed by atoms with van der Waals surface area (Å²) in [6, 6.07) is 14.0. The standard InChI is InChI=1S/C21H16ClN7O/c1-12-9-13(25-21-20-15(23-11-24-21)5-8-19(22)26-20)3-7-18(12)30-14-4-6-17-16(10-14)27-28-29(17)2/h3-11H,1-2H3,(H,23,24,25)/i2D3. The van der Waals surface area contributed by atoms with E-state index in [1.807, 2.05) is 25.1 Å². The van der Waals surface area contributed by atoms with Crippen molar-refractivity contribution in [2.75, 3.05) is 5.32 Å². The minimum absolute atomic E-state index is 0.358. The zero-order valence-corrected chi connectivity index (χ0v) is 16.4. The van der Waals surface area contributed by atoms with E-state index in [0.29, 0.717) is 44.5 Å². The second-order valence-corrected chi connectivity index (χ2v) is 6.97. The van der Waals surface area contributed by atoms with Crippen molar-refractivity contribution in [3.05, 3.63) is 65.6 Å². The molecule has 5 rings (SSSR count). The van der Waals surface area contributed by atoms with Gasteiger partial charge in [0, 0.05) is 22.8 Å². The van der Waals surface area contributed by atoms with Gasteiger partial charge in [0.1, 0.15) is 34.0 Å². The Morgan fingerprint density at radius 2 is 2.00 bits per heavy atom. The first-order chi connectivity index (χ1) is 15.8. The molecule has 0 amide bonds. The number of pyridine rings is 1. The highest BCUT2D eigenvalue weighted by Crippen LogP contribution is 2.30. The highest BCUT2D eigenvalue weighted by atomic mass is 35.5. The van der Waals surface area contributed by atoms with E-state index in [0.717, 1.165) is 15.9 Å². The predicted molar refractivity (Wildman–Crippen MR) is 115 cm³/mol. The molecule has 0 spiro atoms. The number of hydrogen-bond acceptors (Lipinski definition) is 7. The van der Waals surface area contributed by atoms with Crippen LogP contribution in [0.3, 0.4) is 0 Å². The quantitative estimate of drug-likeness (QED) is 0.417. The first kappa shape index (κ1) is 15.1. The van der Waals surface area contributed by atoms with Gasteiger partial charge in [0.15, 0.2) is 5.82 Å². The third kappa shape index (κ3) is 3.37. The SMILES string of the molecule is [2H]C([2H])([2H])n1nnc2cc(Oc3ccc(Nc4ncnc5ccc(Cl)nc45)cc3C)ccc21. The van der Waals surface area contributed by atoms with Crippen LogP contribution < -0.4 is 10.1 Å². The highest BCUT2D eigenvalue weighted by molar-refractivity contribution is 6.29. The van der Waals surface area contributed by atoms with Crippen LogP contribution in [0.5, 0.6) is 11.5 Å². The maximum absolute atomic E-state index is 7.53. The lowest BCUT2D eigenvalue weighted by Gasteiger charge is -2.12. The molecular formula is C21H16ClN7O. The van der Waals surface area contributed by atoms with Crippen LogP contribution in [-0.2, 0) is 6.98 Å². The fourth-order valence-electron chi connectivity index (χ4n) is 3.08. The van der Waals surface area contributed by atoms with Gasteiger partial charge in [-0.2, -0.15) is 0 Å². The largest absolute Gasteiger partial charge is 0.457 e. The maximum atomic E-state index is 7.53. The molecule has 3 heterocycles. The van der Waals surface area contributed by atoms with E-state index in [4.69, 9.17) is 20.5 Å². The number of fused-ring (bicyclic) bond motifs is 2. The predicted octanol–water partition coefficient (Wildman–Crippen LogP) is 4.80. The van der Waals surface area contributed by atoms with E-state index in [-0.39, 0.29) is 0 Å². The molecule has 3 aromatic heterocycles. The second-order valence-electron chi connectivity index (χ2n) is 6.58. The smallest absolute Gasteiger partial charge is 0.160 e. The number of halogens is 1. The number of ether oxygens (including phenoxy) is 1. The van der Waals surface area contributed by atoms with Crippen molar-refractivity contribution < 1.29 is 8.85 Å². The minimum Gasteiger partial charge on any atom is -0.457 e. The Morgan fingerprint density at radius 3 is 2.87 bits per heavy atom. The van der Waals surface area contributed by atoms with Crippen molar-refractivity contribution in [2.24, 2.45) is 6.98 Å². The number of hydrogen-bond donors (Lipinski definition) is 1. The molecule has 0 saturated heterocycles. The summed E-state index contributed by atoms with van der Waals surface area (Å²) >= 11 is 6.03. The van der Waals surface area contributed by atoms with E-state index in [1.165, 1.54) is 6.33 Å². The fourth-order valence-corrected chi connectivity index (χ4v) is 3.23. The molecule has 2 aromatic carbocycles. The lowest BCUT2D eigenvalue weighted by molar-refractivity contribution is 0.479. The van der Waals surface area contributed by atoms with Gasteiger partial charge in [0.25, 0.3) is 0 Å². The fraction of sp³-hybridized carbons (Fsp3) is 0.0952. The molecule has 0 atom stereocenters. The molecule has 5 aromatic rings. The number of aromatic nitrogens is 6. The minimum atomic E-state index is -2.40. The third-order valence-corrected chi connectivity index (χ3v) is 4.74. The van der Waals surface area contributed by atoms with Crippen LogP contribution in [-0.4, -0.2) is 29.9 Å². The van der Waals surface area contributed by atoms with Crippen LogP contribution in [0.4, 0.5) is 11.5 Å². The molecule has 30 heavy (non-hydrogen) atoms. The molecule has 0 aliphatic carbocycles. The van der Waals surface area contributed by atoms with E-state index >= 15 is 0 Å². The summed E-state index contributed by atoms with van der Waals surface area (Å²) in [4.78, 5) is 12.8. The summed E-state index contributed by atoms with van der Waals surface area (Å²) in [5.74, 6) is 1.69. The molecule has 0 fully saturated rings. The van der Waals surface area contributed by atoms with Crippen molar-refractivity contribution in [3.8, 4) is 11.5 Å². The first-order valence-corrected chi connectivity index (χ1v) is 9.34. The van der Waals surface area contributed by atoms with Gasteiger partial charge in [-0.25, -0.2) is 19.6 Å². The Balaban J connectivity index is 1.39. The molecule has 0 aliphatic heterocycles. The maximum Gasteiger partial charge on any atom is 0.160 e. The van der Waals surface area contributed by atoms with E-state index in [2.05, 4.69) is 30.6 Å². The number of nitrogens with one attached hydrogen (secondary N) is 1. The Kier molecular flexibility index (Phi) is 3.64. The second kappa shape index (κ2) is 7.23.